The number of nitrogens with zero attached hydrogens (tertiary/aromatic N) is 5. The number of rotatable bonds is 9. The Kier molecular flexibility index (Phi) is 8.05. The fourth-order valence-corrected chi connectivity index (χ4v) is 5.54. The predicted octanol–water partition coefficient (Wildman–Crippen LogP) is 5.06. The molecular formula is C31H40N6O3. The number of hydrogen-bond donors (Lipinski definition) is 1. The lowest BCUT2D eigenvalue weighted by Crippen LogP contribution is -2.40. The minimum absolute atomic E-state index is 0.0627. The summed E-state index contributed by atoms with van der Waals surface area (Å²) in [6.45, 7) is 14.9. The van der Waals surface area contributed by atoms with Crippen molar-refractivity contribution in [2.45, 2.75) is 78.6 Å². The third-order valence-corrected chi connectivity index (χ3v) is 7.59. The summed E-state index contributed by atoms with van der Waals surface area (Å²) >= 11 is 0. The van der Waals surface area contributed by atoms with Gasteiger partial charge in [0.2, 0.25) is 0 Å². The van der Waals surface area contributed by atoms with Crippen molar-refractivity contribution in [1.82, 2.24) is 30.1 Å². The molecule has 0 saturated carbocycles. The highest BCUT2D eigenvalue weighted by molar-refractivity contribution is 5.85. The molecule has 1 aliphatic heterocycles. The van der Waals surface area contributed by atoms with Crippen LogP contribution in [0.2, 0.25) is 0 Å². The summed E-state index contributed by atoms with van der Waals surface area (Å²) in [6.07, 6.45) is 2.07. The van der Waals surface area contributed by atoms with Crippen LogP contribution in [0.15, 0.2) is 47.3 Å². The third-order valence-electron chi connectivity index (χ3n) is 7.59. The van der Waals surface area contributed by atoms with Crippen LogP contribution in [0.25, 0.3) is 10.9 Å². The lowest BCUT2D eigenvalue weighted by molar-refractivity contribution is 0.0564. The zero-order valence-corrected chi connectivity index (χ0v) is 24.4. The summed E-state index contributed by atoms with van der Waals surface area (Å²) in [5, 5.41) is 14.0. The SMILES string of the molecule is CCOc1ccc(CN(C[C@@H]2CCCO2)[C@@H](c2cc3c(C)ccc(C)c3[nH]c2=O)c2nnnn2C(C)(C)C)cc1. The van der Waals surface area contributed by atoms with Gasteiger partial charge in [-0.1, -0.05) is 24.3 Å². The maximum atomic E-state index is 13.9. The van der Waals surface area contributed by atoms with Crippen LogP contribution in [0.4, 0.5) is 0 Å². The Morgan fingerprint density at radius 2 is 1.90 bits per heavy atom. The van der Waals surface area contributed by atoms with E-state index in [-0.39, 0.29) is 17.2 Å². The maximum Gasteiger partial charge on any atom is 0.253 e. The summed E-state index contributed by atoms with van der Waals surface area (Å²) < 4.78 is 13.6. The predicted molar refractivity (Wildman–Crippen MR) is 156 cm³/mol. The first kappa shape index (κ1) is 28.0. The normalized spacial score (nSPS) is 16.6. The topological polar surface area (TPSA) is 98.2 Å². The van der Waals surface area contributed by atoms with Gasteiger partial charge in [0.25, 0.3) is 5.56 Å². The van der Waals surface area contributed by atoms with Gasteiger partial charge in [0, 0.05) is 30.6 Å². The molecule has 9 nitrogen and oxygen atoms in total. The van der Waals surface area contributed by atoms with Gasteiger partial charge in [-0.3, -0.25) is 9.69 Å². The average molecular weight is 545 g/mol. The monoisotopic (exact) mass is 544 g/mol. The van der Waals surface area contributed by atoms with E-state index in [9.17, 15) is 4.79 Å². The summed E-state index contributed by atoms with van der Waals surface area (Å²) in [5.41, 5.74) is 4.19. The van der Waals surface area contributed by atoms with Crippen LogP contribution in [-0.4, -0.2) is 56.0 Å². The van der Waals surface area contributed by atoms with Crippen molar-refractivity contribution in [2.24, 2.45) is 0 Å². The third kappa shape index (κ3) is 5.81. The number of ether oxygens (including phenoxy) is 2. The quantitative estimate of drug-likeness (QED) is 0.315. The Bertz CT molecular complexity index is 1510. The summed E-state index contributed by atoms with van der Waals surface area (Å²) in [4.78, 5) is 19.4. The van der Waals surface area contributed by atoms with Gasteiger partial charge in [-0.25, -0.2) is 4.68 Å². The molecule has 1 N–H and O–H groups in total. The van der Waals surface area contributed by atoms with Crippen molar-refractivity contribution in [3.05, 3.63) is 80.9 Å². The maximum absolute atomic E-state index is 13.9. The largest absolute Gasteiger partial charge is 0.494 e. The molecule has 1 aliphatic rings. The van der Waals surface area contributed by atoms with Crippen molar-refractivity contribution >= 4 is 10.9 Å². The molecule has 2 atom stereocenters. The number of hydrogen-bond acceptors (Lipinski definition) is 7. The van der Waals surface area contributed by atoms with Crippen molar-refractivity contribution in [3.8, 4) is 5.75 Å². The van der Waals surface area contributed by atoms with E-state index in [4.69, 9.17) is 9.47 Å². The summed E-state index contributed by atoms with van der Waals surface area (Å²) in [6, 6.07) is 13.8. The number of aryl methyl sites for hydroxylation is 2. The number of pyridine rings is 1. The smallest absolute Gasteiger partial charge is 0.253 e. The molecule has 2 aromatic carbocycles. The second kappa shape index (κ2) is 11.5. The first-order valence-electron chi connectivity index (χ1n) is 14.1. The molecule has 1 fully saturated rings. The Labute approximate surface area is 235 Å². The van der Waals surface area contributed by atoms with Gasteiger partial charge in [-0.2, -0.15) is 0 Å². The van der Waals surface area contributed by atoms with Gasteiger partial charge < -0.3 is 14.5 Å². The Balaban J connectivity index is 1.68. The molecule has 40 heavy (non-hydrogen) atoms. The molecule has 0 unspecified atom stereocenters. The minimum atomic E-state index is -0.502. The van der Waals surface area contributed by atoms with Gasteiger partial charge in [0.1, 0.15) is 11.8 Å². The first-order valence-corrected chi connectivity index (χ1v) is 14.1. The first-order chi connectivity index (χ1) is 19.2. The standard InChI is InChI=1S/C31H40N6O3/c1-7-39-23-14-12-22(13-15-23)18-36(19-24-9-8-16-40-24)28(29-33-34-35-37(29)31(4,5)6)26-17-25-20(2)10-11-21(3)27(25)32-30(26)38/h10-15,17,24,28H,7-9,16,18-19H2,1-6H3,(H,32,38)/t24-,28-/m0/s1. The molecule has 0 spiro atoms. The molecule has 0 amide bonds. The molecule has 4 aromatic rings. The molecule has 9 heteroatoms. The average Bonchev–Trinajstić information content (AvgIpc) is 3.61. The second-order valence-corrected chi connectivity index (χ2v) is 11.7. The van der Waals surface area contributed by atoms with E-state index in [2.05, 4.69) is 71.3 Å². The number of fused-ring (bicyclic) bond motifs is 1. The fraction of sp³-hybridized carbons (Fsp3) is 0.484. The Morgan fingerprint density at radius 3 is 2.58 bits per heavy atom. The van der Waals surface area contributed by atoms with E-state index < -0.39 is 6.04 Å². The Morgan fingerprint density at radius 1 is 1.15 bits per heavy atom. The zero-order valence-electron chi connectivity index (χ0n) is 24.4. The van der Waals surface area contributed by atoms with E-state index in [1.807, 2.05) is 42.8 Å². The lowest BCUT2D eigenvalue weighted by atomic mass is 9.98. The van der Waals surface area contributed by atoms with E-state index in [1.165, 1.54) is 0 Å². The van der Waals surface area contributed by atoms with Crippen molar-refractivity contribution in [1.29, 1.82) is 0 Å². The number of benzene rings is 2. The van der Waals surface area contributed by atoms with E-state index >= 15 is 0 Å². The van der Waals surface area contributed by atoms with E-state index in [1.54, 1.807) is 0 Å². The van der Waals surface area contributed by atoms with Crippen molar-refractivity contribution < 1.29 is 9.47 Å². The molecule has 0 aliphatic carbocycles. The van der Waals surface area contributed by atoms with Crippen LogP contribution < -0.4 is 10.3 Å². The summed E-state index contributed by atoms with van der Waals surface area (Å²) in [5.74, 6) is 1.47. The molecule has 3 heterocycles. The molecule has 2 aromatic heterocycles. The molecule has 5 rings (SSSR count). The van der Waals surface area contributed by atoms with Crippen LogP contribution in [0.3, 0.4) is 0 Å². The lowest BCUT2D eigenvalue weighted by Gasteiger charge is -2.34. The molecule has 0 bridgehead atoms. The van der Waals surface area contributed by atoms with Gasteiger partial charge in [-0.05, 0) is 99.7 Å². The number of nitrogens with one attached hydrogen (secondary N) is 1. The van der Waals surface area contributed by atoms with Crippen molar-refractivity contribution in [3.63, 3.8) is 0 Å². The zero-order chi connectivity index (χ0) is 28.4. The molecule has 0 radical (unpaired) electrons. The van der Waals surface area contributed by atoms with E-state index in [0.29, 0.717) is 31.1 Å². The van der Waals surface area contributed by atoms with E-state index in [0.717, 1.165) is 52.8 Å². The molecular weight excluding hydrogens is 504 g/mol. The van der Waals surface area contributed by atoms with Crippen LogP contribution in [0.5, 0.6) is 5.75 Å². The van der Waals surface area contributed by atoms with Gasteiger partial charge >= 0.3 is 0 Å². The van der Waals surface area contributed by atoms with Gasteiger partial charge in [0.05, 0.1) is 23.8 Å². The van der Waals surface area contributed by atoms with Crippen LogP contribution in [-0.2, 0) is 16.8 Å². The van der Waals surface area contributed by atoms with Crippen LogP contribution in [0.1, 0.15) is 74.7 Å². The van der Waals surface area contributed by atoms with Crippen molar-refractivity contribution in [2.75, 3.05) is 19.8 Å². The second-order valence-electron chi connectivity index (χ2n) is 11.7. The number of aromatic amines is 1. The highest BCUT2D eigenvalue weighted by Gasteiger charge is 2.35. The van der Waals surface area contributed by atoms with Crippen LogP contribution >= 0.6 is 0 Å². The fourth-order valence-electron chi connectivity index (χ4n) is 5.54. The number of aromatic nitrogens is 5. The van der Waals surface area contributed by atoms with Gasteiger partial charge in [-0.15, -0.1) is 5.10 Å². The number of tetrazole rings is 1. The highest BCUT2D eigenvalue weighted by atomic mass is 16.5. The molecule has 212 valence electrons. The summed E-state index contributed by atoms with van der Waals surface area (Å²) in [7, 11) is 0. The van der Waals surface area contributed by atoms with Gasteiger partial charge in [0.15, 0.2) is 5.82 Å². The molecule has 1 saturated heterocycles. The Hall–Kier alpha value is -3.56. The highest BCUT2D eigenvalue weighted by Crippen LogP contribution is 2.33. The minimum Gasteiger partial charge on any atom is -0.494 e. The van der Waals surface area contributed by atoms with Crippen LogP contribution in [0, 0.1) is 13.8 Å². The number of H-pyrrole nitrogens is 1.